The fourth-order valence-electron chi connectivity index (χ4n) is 3.80. The van der Waals surface area contributed by atoms with Crippen LogP contribution in [0.4, 0.5) is 13.2 Å². The molecule has 0 radical (unpaired) electrons. The van der Waals surface area contributed by atoms with Crippen molar-refractivity contribution in [3.63, 3.8) is 0 Å². The summed E-state index contributed by atoms with van der Waals surface area (Å²) in [6.07, 6.45) is -0.719. The van der Waals surface area contributed by atoms with Crippen molar-refractivity contribution in [3.8, 4) is 23.0 Å². The van der Waals surface area contributed by atoms with Gasteiger partial charge in [0.1, 0.15) is 22.8 Å². The largest absolute Gasteiger partial charge is 0.494 e. The van der Waals surface area contributed by atoms with Crippen molar-refractivity contribution in [2.24, 2.45) is 0 Å². The maximum Gasteiger partial charge on any atom is 0.453 e. The molecule has 4 aromatic rings. The molecule has 0 spiro atoms. The van der Waals surface area contributed by atoms with Crippen molar-refractivity contribution in [2.75, 3.05) is 6.61 Å². The topological polar surface area (TPSA) is 75.0 Å². The molecule has 0 bridgehead atoms. The lowest BCUT2D eigenvalue weighted by Gasteiger charge is -2.14. The summed E-state index contributed by atoms with van der Waals surface area (Å²) in [6, 6.07) is 16.1. The standard InChI is InChI=1S/C30H27F3O6/c1-3-4-5-6-17-36-21-13-9-20(10-14-21)29(35)38-23-15-16-24-25(18-23)39-28(30(31,32)33)27(26(24)34)37-22-11-7-19(2)8-12-22/h7-16,18H,3-6,17H2,1-2H3. The Morgan fingerprint density at radius 3 is 2.21 bits per heavy atom. The zero-order valence-corrected chi connectivity index (χ0v) is 21.5. The second-order valence-electron chi connectivity index (χ2n) is 8.98. The van der Waals surface area contributed by atoms with E-state index in [0.717, 1.165) is 37.3 Å². The first kappa shape index (κ1) is 27.8. The molecule has 1 aromatic heterocycles. The van der Waals surface area contributed by atoms with Crippen LogP contribution in [0.2, 0.25) is 0 Å². The predicted octanol–water partition coefficient (Wildman–Crippen LogP) is 8.09. The second-order valence-corrected chi connectivity index (χ2v) is 8.98. The molecule has 0 aliphatic rings. The lowest BCUT2D eigenvalue weighted by Crippen LogP contribution is -2.15. The quantitative estimate of drug-likeness (QED) is 0.115. The van der Waals surface area contributed by atoms with Crippen molar-refractivity contribution < 1.29 is 36.6 Å². The Labute approximate surface area is 222 Å². The molecule has 4 rings (SSSR count). The fraction of sp³-hybridized carbons (Fsp3) is 0.267. The summed E-state index contributed by atoms with van der Waals surface area (Å²) in [7, 11) is 0. The van der Waals surface area contributed by atoms with Gasteiger partial charge in [0.2, 0.25) is 11.2 Å². The van der Waals surface area contributed by atoms with Crippen LogP contribution in [0.25, 0.3) is 11.0 Å². The molecule has 0 atom stereocenters. The van der Waals surface area contributed by atoms with E-state index in [1.807, 2.05) is 0 Å². The van der Waals surface area contributed by atoms with Crippen LogP contribution < -0.4 is 19.6 Å². The van der Waals surface area contributed by atoms with Gasteiger partial charge in [-0.3, -0.25) is 4.79 Å². The highest BCUT2D eigenvalue weighted by molar-refractivity contribution is 5.91. The summed E-state index contributed by atoms with van der Waals surface area (Å²) in [4.78, 5) is 25.6. The number of benzene rings is 3. The van der Waals surface area contributed by atoms with Gasteiger partial charge in [-0.05, 0) is 61.9 Å². The number of carbonyl (C=O) groups is 1. The molecule has 39 heavy (non-hydrogen) atoms. The van der Waals surface area contributed by atoms with Gasteiger partial charge in [-0.1, -0.05) is 43.9 Å². The van der Waals surface area contributed by atoms with Gasteiger partial charge in [-0.15, -0.1) is 0 Å². The van der Waals surface area contributed by atoms with Gasteiger partial charge in [-0.25, -0.2) is 4.79 Å². The SMILES string of the molecule is CCCCCCOc1ccc(C(=O)Oc2ccc3c(=O)c(Oc4ccc(C)cc4)c(C(F)(F)F)oc3c2)cc1. The average molecular weight is 541 g/mol. The fourth-order valence-corrected chi connectivity index (χ4v) is 3.80. The number of aryl methyl sites for hydroxylation is 1. The van der Waals surface area contributed by atoms with Crippen molar-refractivity contribution >= 4 is 16.9 Å². The van der Waals surface area contributed by atoms with Crippen LogP contribution in [-0.2, 0) is 6.18 Å². The minimum absolute atomic E-state index is 0.0520. The Balaban J connectivity index is 1.54. The summed E-state index contributed by atoms with van der Waals surface area (Å²) < 4.78 is 62.8. The van der Waals surface area contributed by atoms with Crippen molar-refractivity contribution in [3.05, 3.63) is 93.8 Å². The van der Waals surface area contributed by atoms with E-state index < -0.39 is 34.7 Å². The molecule has 0 aliphatic carbocycles. The van der Waals surface area contributed by atoms with Gasteiger partial charge in [0, 0.05) is 6.07 Å². The van der Waals surface area contributed by atoms with Crippen LogP contribution >= 0.6 is 0 Å². The molecule has 0 unspecified atom stereocenters. The summed E-state index contributed by atoms with van der Waals surface area (Å²) in [5.74, 6) is -2.73. The molecular weight excluding hydrogens is 513 g/mol. The molecule has 9 heteroatoms. The highest BCUT2D eigenvalue weighted by Gasteiger charge is 2.40. The number of hydrogen-bond acceptors (Lipinski definition) is 6. The first-order chi connectivity index (χ1) is 18.7. The van der Waals surface area contributed by atoms with E-state index in [9.17, 15) is 22.8 Å². The van der Waals surface area contributed by atoms with Gasteiger partial charge in [0.15, 0.2) is 0 Å². The monoisotopic (exact) mass is 540 g/mol. The summed E-state index contributed by atoms with van der Waals surface area (Å²) >= 11 is 0. The highest BCUT2D eigenvalue weighted by atomic mass is 19.4. The lowest BCUT2D eigenvalue weighted by molar-refractivity contribution is -0.154. The molecule has 0 N–H and O–H groups in total. The van der Waals surface area contributed by atoms with Crippen LogP contribution in [0.15, 0.2) is 75.9 Å². The van der Waals surface area contributed by atoms with Crippen molar-refractivity contribution in [1.29, 1.82) is 0 Å². The van der Waals surface area contributed by atoms with Gasteiger partial charge in [0.25, 0.3) is 5.76 Å². The predicted molar refractivity (Wildman–Crippen MR) is 140 cm³/mol. The normalized spacial score (nSPS) is 11.4. The van der Waals surface area contributed by atoms with Gasteiger partial charge < -0.3 is 18.6 Å². The van der Waals surface area contributed by atoms with E-state index in [1.54, 1.807) is 31.2 Å². The van der Waals surface area contributed by atoms with Crippen molar-refractivity contribution in [2.45, 2.75) is 45.7 Å². The molecule has 0 saturated heterocycles. The molecule has 6 nitrogen and oxygen atoms in total. The number of halogens is 3. The second kappa shape index (κ2) is 12.1. The number of hydrogen-bond donors (Lipinski definition) is 0. The Hall–Kier alpha value is -4.27. The van der Waals surface area contributed by atoms with Crippen LogP contribution in [0.3, 0.4) is 0 Å². The van der Waals surface area contributed by atoms with Gasteiger partial charge in [-0.2, -0.15) is 13.2 Å². The van der Waals surface area contributed by atoms with Crippen molar-refractivity contribution in [1.82, 2.24) is 0 Å². The minimum atomic E-state index is -5.01. The summed E-state index contributed by atoms with van der Waals surface area (Å²) in [5.41, 5.74) is -0.325. The number of unbranched alkanes of at least 4 members (excludes halogenated alkanes) is 3. The van der Waals surface area contributed by atoms with Crippen LogP contribution in [0.5, 0.6) is 23.0 Å². The number of fused-ring (bicyclic) bond motifs is 1. The van der Waals surface area contributed by atoms with Crippen LogP contribution in [0.1, 0.15) is 54.3 Å². The average Bonchev–Trinajstić information content (AvgIpc) is 2.91. The Kier molecular flexibility index (Phi) is 8.59. The third-order valence-electron chi connectivity index (χ3n) is 5.89. The lowest BCUT2D eigenvalue weighted by atomic mass is 10.2. The van der Waals surface area contributed by atoms with E-state index in [1.165, 1.54) is 36.4 Å². The molecule has 0 amide bonds. The molecule has 1 heterocycles. The molecule has 0 fully saturated rings. The Bertz CT molecular complexity index is 1490. The van der Waals surface area contributed by atoms with Crippen LogP contribution in [0, 0.1) is 6.92 Å². The van der Waals surface area contributed by atoms with Gasteiger partial charge >= 0.3 is 12.1 Å². The Morgan fingerprint density at radius 2 is 1.54 bits per heavy atom. The smallest absolute Gasteiger partial charge is 0.453 e. The molecule has 0 aliphatic heterocycles. The maximum absolute atomic E-state index is 13.8. The zero-order valence-electron chi connectivity index (χ0n) is 21.5. The van der Waals surface area contributed by atoms with Crippen LogP contribution in [-0.4, -0.2) is 12.6 Å². The third-order valence-corrected chi connectivity index (χ3v) is 5.89. The van der Waals surface area contributed by atoms with E-state index in [0.29, 0.717) is 12.4 Å². The Morgan fingerprint density at radius 1 is 0.872 bits per heavy atom. The highest BCUT2D eigenvalue weighted by Crippen LogP contribution is 2.38. The molecule has 0 saturated carbocycles. The van der Waals surface area contributed by atoms with E-state index >= 15 is 0 Å². The van der Waals surface area contributed by atoms with E-state index in [2.05, 4.69) is 6.92 Å². The summed E-state index contributed by atoms with van der Waals surface area (Å²) in [6.45, 7) is 4.51. The molecule has 3 aromatic carbocycles. The third kappa shape index (κ3) is 6.98. The molecular formula is C30H27F3O6. The molecule has 204 valence electrons. The maximum atomic E-state index is 13.8. The number of carbonyl (C=O) groups excluding carboxylic acids is 1. The minimum Gasteiger partial charge on any atom is -0.494 e. The summed E-state index contributed by atoms with van der Waals surface area (Å²) in [5, 5.41) is -0.162. The number of esters is 1. The number of rotatable bonds is 10. The first-order valence-corrected chi connectivity index (χ1v) is 12.5. The zero-order chi connectivity index (χ0) is 28.0. The first-order valence-electron chi connectivity index (χ1n) is 12.5. The van der Waals surface area contributed by atoms with E-state index in [-0.39, 0.29) is 22.4 Å². The van der Waals surface area contributed by atoms with E-state index in [4.69, 9.17) is 18.6 Å². The number of ether oxygens (including phenoxy) is 3. The number of alkyl halides is 3. The van der Waals surface area contributed by atoms with Gasteiger partial charge in [0.05, 0.1) is 17.6 Å².